The molecule has 2 N–H and O–H groups in total. The van der Waals surface area contributed by atoms with Gasteiger partial charge in [0, 0.05) is 23.1 Å². The number of carbonyl (C=O) groups is 1. The number of carbonyl (C=O) groups excluding carboxylic acids is 1. The number of benzene rings is 3. The van der Waals surface area contributed by atoms with E-state index in [4.69, 9.17) is 19.6 Å². The van der Waals surface area contributed by atoms with Crippen LogP contribution in [0.15, 0.2) is 71.3 Å². The molecule has 0 amide bonds. The maximum Gasteiger partial charge on any atom is 0.310 e. The fraction of sp³-hybridized carbons (Fsp3) is 0.192. The van der Waals surface area contributed by atoms with Gasteiger partial charge in [0.2, 0.25) is 0 Å². The molecule has 4 aromatic rings. The molecular weight excluding hydrogens is 409 g/mol. The largest absolute Gasteiger partial charge is 0.488 e. The molecule has 4 rings (SSSR count). The van der Waals surface area contributed by atoms with Gasteiger partial charge in [-0.25, -0.2) is 4.39 Å². The fourth-order valence-corrected chi connectivity index (χ4v) is 3.60. The number of nitrogens with two attached hydrogens (primary N) is 1. The predicted molar refractivity (Wildman–Crippen MR) is 121 cm³/mol. The van der Waals surface area contributed by atoms with E-state index in [9.17, 15) is 9.18 Å². The Morgan fingerprint density at radius 3 is 2.69 bits per heavy atom. The molecule has 0 aliphatic heterocycles. The first-order chi connectivity index (χ1) is 15.6. The van der Waals surface area contributed by atoms with Gasteiger partial charge in [-0.05, 0) is 60.0 Å². The van der Waals surface area contributed by atoms with E-state index in [1.807, 2.05) is 30.3 Å². The minimum atomic E-state index is -0.435. The second-order valence-electron chi connectivity index (χ2n) is 7.40. The lowest BCUT2D eigenvalue weighted by Crippen LogP contribution is -2.09. The topological polar surface area (TPSA) is 74.7 Å². The summed E-state index contributed by atoms with van der Waals surface area (Å²) in [6, 6.07) is 18.2. The van der Waals surface area contributed by atoms with E-state index in [-0.39, 0.29) is 19.6 Å². The molecule has 5 nitrogen and oxygen atoms in total. The van der Waals surface area contributed by atoms with E-state index in [0.717, 1.165) is 33.2 Å². The molecule has 0 bridgehead atoms. The van der Waals surface area contributed by atoms with Gasteiger partial charge in [0.15, 0.2) is 0 Å². The van der Waals surface area contributed by atoms with Gasteiger partial charge in [0.25, 0.3) is 0 Å². The highest BCUT2D eigenvalue weighted by Gasteiger charge is 2.14. The van der Waals surface area contributed by atoms with Crippen LogP contribution in [0, 0.1) is 5.82 Å². The van der Waals surface area contributed by atoms with Crippen LogP contribution in [0.1, 0.15) is 23.6 Å². The van der Waals surface area contributed by atoms with Crippen molar-refractivity contribution >= 4 is 16.9 Å². The van der Waals surface area contributed by atoms with Crippen LogP contribution in [0.3, 0.4) is 0 Å². The number of hydrogen-bond donors (Lipinski definition) is 1. The maximum absolute atomic E-state index is 13.7. The molecular formula is C26H24FNO4. The van der Waals surface area contributed by atoms with E-state index in [0.29, 0.717) is 17.9 Å². The van der Waals surface area contributed by atoms with Crippen LogP contribution in [0.5, 0.6) is 5.75 Å². The van der Waals surface area contributed by atoms with Gasteiger partial charge >= 0.3 is 5.97 Å². The molecule has 3 aromatic carbocycles. The highest BCUT2D eigenvalue weighted by atomic mass is 19.1. The lowest BCUT2D eigenvalue weighted by Gasteiger charge is -2.11. The summed E-state index contributed by atoms with van der Waals surface area (Å²) in [5, 5.41) is 0.926. The van der Waals surface area contributed by atoms with Gasteiger partial charge in [0.05, 0.1) is 19.3 Å². The van der Waals surface area contributed by atoms with Crippen LogP contribution in [0.4, 0.5) is 4.39 Å². The summed E-state index contributed by atoms with van der Waals surface area (Å²) in [7, 11) is 0. The van der Waals surface area contributed by atoms with E-state index in [1.54, 1.807) is 13.2 Å². The van der Waals surface area contributed by atoms with Crippen molar-refractivity contribution in [2.45, 2.75) is 26.5 Å². The Labute approximate surface area is 185 Å². The Bertz CT molecular complexity index is 1250. The molecule has 164 valence electrons. The average molecular weight is 433 g/mol. The summed E-state index contributed by atoms with van der Waals surface area (Å²) in [4.78, 5) is 11.9. The summed E-state index contributed by atoms with van der Waals surface area (Å²) in [5.74, 6) is -0.434. The SMILES string of the molecule is CCOC(=O)Cc1cc(F)ccc1OCc1coc2ccc(-c3cccc(CN)c3)cc12. The van der Waals surface area contributed by atoms with Gasteiger partial charge in [-0.15, -0.1) is 0 Å². The molecule has 0 unspecified atom stereocenters. The summed E-state index contributed by atoms with van der Waals surface area (Å²) in [5.41, 5.74) is 11.0. The molecule has 0 aliphatic rings. The molecule has 0 atom stereocenters. The highest BCUT2D eigenvalue weighted by Crippen LogP contribution is 2.30. The van der Waals surface area contributed by atoms with E-state index in [2.05, 4.69) is 12.1 Å². The van der Waals surface area contributed by atoms with Crippen LogP contribution in [-0.4, -0.2) is 12.6 Å². The van der Waals surface area contributed by atoms with Gasteiger partial charge < -0.3 is 19.6 Å². The van der Waals surface area contributed by atoms with Crippen LogP contribution < -0.4 is 10.5 Å². The maximum atomic E-state index is 13.7. The Morgan fingerprint density at radius 2 is 1.88 bits per heavy atom. The molecule has 0 saturated carbocycles. The van der Waals surface area contributed by atoms with Crippen molar-refractivity contribution in [3.63, 3.8) is 0 Å². The lowest BCUT2D eigenvalue weighted by molar-refractivity contribution is -0.142. The first kappa shape index (κ1) is 21.6. The molecule has 32 heavy (non-hydrogen) atoms. The van der Waals surface area contributed by atoms with Gasteiger partial charge in [-0.1, -0.05) is 24.3 Å². The molecule has 0 spiro atoms. The molecule has 0 fully saturated rings. The standard InChI is InChI=1S/C26H24FNO4/c1-2-30-26(29)13-20-11-22(27)7-9-24(20)31-15-21-16-32-25-8-6-19(12-23(21)25)18-5-3-4-17(10-18)14-28/h3-12,16H,2,13-15,28H2,1H3. The molecule has 6 heteroatoms. The van der Waals surface area contributed by atoms with E-state index < -0.39 is 11.8 Å². The summed E-state index contributed by atoms with van der Waals surface area (Å²) in [6.45, 7) is 2.68. The summed E-state index contributed by atoms with van der Waals surface area (Å²) < 4.78 is 30.4. The monoisotopic (exact) mass is 433 g/mol. The van der Waals surface area contributed by atoms with E-state index >= 15 is 0 Å². The van der Waals surface area contributed by atoms with Crippen LogP contribution in [0.2, 0.25) is 0 Å². The second-order valence-corrected chi connectivity index (χ2v) is 7.40. The van der Waals surface area contributed by atoms with Crippen molar-refractivity contribution < 1.29 is 23.1 Å². The normalized spacial score (nSPS) is 11.0. The minimum absolute atomic E-state index is 0.0608. The Balaban J connectivity index is 1.58. The van der Waals surface area contributed by atoms with Gasteiger partial charge in [-0.3, -0.25) is 4.79 Å². The van der Waals surface area contributed by atoms with Crippen molar-refractivity contribution in [2.24, 2.45) is 5.73 Å². The van der Waals surface area contributed by atoms with Crippen molar-refractivity contribution in [1.29, 1.82) is 0 Å². The number of hydrogen-bond acceptors (Lipinski definition) is 5. The lowest BCUT2D eigenvalue weighted by atomic mass is 10.0. The zero-order valence-corrected chi connectivity index (χ0v) is 17.8. The van der Waals surface area contributed by atoms with Crippen molar-refractivity contribution in [2.75, 3.05) is 6.61 Å². The van der Waals surface area contributed by atoms with Crippen molar-refractivity contribution in [3.8, 4) is 16.9 Å². The molecule has 0 radical (unpaired) electrons. The Kier molecular flexibility index (Phi) is 6.52. The third-order valence-electron chi connectivity index (χ3n) is 5.20. The zero-order valence-electron chi connectivity index (χ0n) is 17.8. The fourth-order valence-electron chi connectivity index (χ4n) is 3.60. The average Bonchev–Trinajstić information content (AvgIpc) is 3.21. The van der Waals surface area contributed by atoms with E-state index in [1.165, 1.54) is 18.2 Å². The highest BCUT2D eigenvalue weighted by molar-refractivity contribution is 5.86. The zero-order chi connectivity index (χ0) is 22.5. The number of rotatable bonds is 8. The first-order valence-corrected chi connectivity index (χ1v) is 10.4. The smallest absolute Gasteiger partial charge is 0.310 e. The van der Waals surface area contributed by atoms with Crippen molar-refractivity contribution in [1.82, 2.24) is 0 Å². The Hall–Kier alpha value is -3.64. The molecule has 0 saturated heterocycles. The third-order valence-corrected chi connectivity index (χ3v) is 5.20. The van der Waals surface area contributed by atoms with Crippen LogP contribution in [-0.2, 0) is 29.1 Å². The quantitative estimate of drug-likeness (QED) is 0.378. The molecule has 1 aromatic heterocycles. The number of fused-ring (bicyclic) bond motifs is 1. The number of halogens is 1. The van der Waals surface area contributed by atoms with Crippen molar-refractivity contribution in [3.05, 3.63) is 89.4 Å². The molecule has 1 heterocycles. The van der Waals surface area contributed by atoms with Crippen LogP contribution >= 0.6 is 0 Å². The van der Waals surface area contributed by atoms with Gasteiger partial charge in [-0.2, -0.15) is 0 Å². The predicted octanol–water partition coefficient (Wildman–Crippen LogP) is 5.38. The second kappa shape index (κ2) is 9.66. The minimum Gasteiger partial charge on any atom is -0.488 e. The van der Waals surface area contributed by atoms with Crippen LogP contribution in [0.25, 0.3) is 22.1 Å². The first-order valence-electron chi connectivity index (χ1n) is 10.4. The summed E-state index contributed by atoms with van der Waals surface area (Å²) in [6.07, 6.45) is 1.59. The third kappa shape index (κ3) is 4.81. The number of ether oxygens (including phenoxy) is 2. The number of esters is 1. The van der Waals surface area contributed by atoms with Gasteiger partial charge in [0.1, 0.15) is 23.8 Å². The summed E-state index contributed by atoms with van der Waals surface area (Å²) >= 11 is 0. The Morgan fingerprint density at radius 1 is 1.03 bits per heavy atom. The number of furan rings is 1. The molecule has 0 aliphatic carbocycles.